The van der Waals surface area contributed by atoms with Crippen LogP contribution in [0.4, 0.5) is 11.4 Å². The summed E-state index contributed by atoms with van der Waals surface area (Å²) in [7, 11) is 0. The Morgan fingerprint density at radius 1 is 1.08 bits per heavy atom. The van der Waals surface area contributed by atoms with Gasteiger partial charge in [0, 0.05) is 30.0 Å². The second-order valence-corrected chi connectivity index (χ2v) is 5.18. The van der Waals surface area contributed by atoms with Crippen LogP contribution in [0.1, 0.15) is 27.6 Å². The molecule has 1 amide bonds. The molecule has 0 aliphatic heterocycles. The minimum absolute atomic E-state index is 0.136. The van der Waals surface area contributed by atoms with E-state index < -0.39 is 16.8 Å². The number of amides is 1. The zero-order chi connectivity index (χ0) is 18.9. The molecule has 0 unspecified atom stereocenters. The van der Waals surface area contributed by atoms with E-state index >= 15 is 0 Å². The van der Waals surface area contributed by atoms with Crippen molar-refractivity contribution in [3.05, 3.63) is 69.8 Å². The van der Waals surface area contributed by atoms with Crippen molar-refractivity contribution in [2.24, 2.45) is 0 Å². The Kier molecular flexibility index (Phi) is 6.81. The molecule has 8 heteroatoms. The predicted molar refractivity (Wildman–Crippen MR) is 94.3 cm³/mol. The largest absolute Gasteiger partial charge is 0.460 e. The molecule has 0 saturated heterocycles. The number of anilines is 1. The van der Waals surface area contributed by atoms with Gasteiger partial charge >= 0.3 is 5.97 Å². The lowest BCUT2D eigenvalue weighted by atomic mass is 10.1. The van der Waals surface area contributed by atoms with Crippen molar-refractivity contribution in [3.63, 3.8) is 0 Å². The Bertz CT molecular complexity index is 806. The van der Waals surface area contributed by atoms with Gasteiger partial charge in [-0.2, -0.15) is 0 Å². The standard InChI is InChI=1S/C18H18N2O6/c1-2-25-9-10-26-18(22)14-6-3-7-15(11-14)19-17(21)13-5-4-8-16(12-13)20(23)24/h3-8,11-12H,2,9-10H2,1H3,(H,19,21). The summed E-state index contributed by atoms with van der Waals surface area (Å²) in [6.07, 6.45) is 0. The monoisotopic (exact) mass is 358 g/mol. The van der Waals surface area contributed by atoms with Gasteiger partial charge in [0.1, 0.15) is 6.61 Å². The van der Waals surface area contributed by atoms with E-state index in [-0.39, 0.29) is 23.4 Å². The SMILES string of the molecule is CCOCCOC(=O)c1cccc(NC(=O)c2cccc([N+](=O)[O-])c2)c1. The van der Waals surface area contributed by atoms with E-state index in [0.29, 0.717) is 18.9 Å². The van der Waals surface area contributed by atoms with Crippen molar-refractivity contribution in [1.82, 2.24) is 0 Å². The first-order valence-corrected chi connectivity index (χ1v) is 7.92. The quantitative estimate of drug-likeness (QED) is 0.336. The maximum absolute atomic E-state index is 12.2. The summed E-state index contributed by atoms with van der Waals surface area (Å²) in [6.45, 7) is 2.83. The highest BCUT2D eigenvalue weighted by molar-refractivity contribution is 6.05. The summed E-state index contributed by atoms with van der Waals surface area (Å²) >= 11 is 0. The molecule has 0 spiro atoms. The van der Waals surface area contributed by atoms with Gasteiger partial charge in [-0.25, -0.2) is 4.79 Å². The molecular weight excluding hydrogens is 340 g/mol. The van der Waals surface area contributed by atoms with E-state index in [1.807, 2.05) is 6.92 Å². The normalized spacial score (nSPS) is 10.2. The molecule has 0 aliphatic rings. The molecular formula is C18H18N2O6. The highest BCUT2D eigenvalue weighted by Gasteiger charge is 2.13. The molecule has 0 heterocycles. The van der Waals surface area contributed by atoms with Gasteiger partial charge in [0.05, 0.1) is 17.1 Å². The number of hydrogen-bond acceptors (Lipinski definition) is 6. The van der Waals surface area contributed by atoms with Crippen LogP contribution in [0, 0.1) is 10.1 Å². The Morgan fingerprint density at radius 2 is 1.81 bits per heavy atom. The van der Waals surface area contributed by atoms with Crippen molar-refractivity contribution in [2.75, 3.05) is 25.1 Å². The van der Waals surface area contributed by atoms with Crippen LogP contribution in [0.3, 0.4) is 0 Å². The number of nitro groups is 1. The fourth-order valence-corrected chi connectivity index (χ4v) is 2.11. The Hall–Kier alpha value is -3.26. The topological polar surface area (TPSA) is 108 Å². The molecule has 0 radical (unpaired) electrons. The number of nitro benzene ring substituents is 1. The summed E-state index contributed by atoms with van der Waals surface area (Å²) in [5.74, 6) is -1.05. The van der Waals surface area contributed by atoms with Gasteiger partial charge in [-0.1, -0.05) is 12.1 Å². The number of benzene rings is 2. The van der Waals surface area contributed by atoms with Crippen LogP contribution in [-0.4, -0.2) is 36.6 Å². The molecule has 0 fully saturated rings. The number of ether oxygens (including phenoxy) is 2. The lowest BCUT2D eigenvalue weighted by Gasteiger charge is -2.08. The average molecular weight is 358 g/mol. The number of hydrogen-bond donors (Lipinski definition) is 1. The van der Waals surface area contributed by atoms with E-state index in [2.05, 4.69) is 5.32 Å². The maximum atomic E-state index is 12.2. The highest BCUT2D eigenvalue weighted by atomic mass is 16.6. The fraction of sp³-hybridized carbons (Fsp3) is 0.222. The second kappa shape index (κ2) is 9.28. The lowest BCUT2D eigenvalue weighted by molar-refractivity contribution is -0.384. The smallest absolute Gasteiger partial charge is 0.338 e. The molecule has 1 N–H and O–H groups in total. The highest BCUT2D eigenvalue weighted by Crippen LogP contribution is 2.16. The van der Waals surface area contributed by atoms with Gasteiger partial charge < -0.3 is 14.8 Å². The van der Waals surface area contributed by atoms with E-state index in [0.717, 1.165) is 0 Å². The molecule has 2 aromatic carbocycles. The van der Waals surface area contributed by atoms with Crippen molar-refractivity contribution >= 4 is 23.3 Å². The summed E-state index contributed by atoms with van der Waals surface area (Å²) in [4.78, 5) is 34.4. The van der Waals surface area contributed by atoms with Crippen molar-refractivity contribution in [3.8, 4) is 0 Å². The van der Waals surface area contributed by atoms with E-state index in [1.54, 1.807) is 18.2 Å². The van der Waals surface area contributed by atoms with Crippen LogP contribution in [0.2, 0.25) is 0 Å². The molecule has 2 aromatic rings. The second-order valence-electron chi connectivity index (χ2n) is 5.18. The van der Waals surface area contributed by atoms with Gasteiger partial charge in [0.2, 0.25) is 0 Å². The third kappa shape index (κ3) is 5.38. The van der Waals surface area contributed by atoms with Crippen molar-refractivity contribution in [1.29, 1.82) is 0 Å². The van der Waals surface area contributed by atoms with Gasteiger partial charge in [-0.15, -0.1) is 0 Å². The number of rotatable bonds is 8. The summed E-state index contributed by atoms with van der Waals surface area (Å²) in [6, 6.07) is 11.6. The number of nitrogens with one attached hydrogen (secondary N) is 1. The minimum atomic E-state index is -0.574. The summed E-state index contributed by atoms with van der Waals surface area (Å²) < 4.78 is 10.2. The molecule has 0 saturated carbocycles. The van der Waals surface area contributed by atoms with Gasteiger partial charge in [-0.05, 0) is 31.2 Å². The molecule has 0 atom stereocenters. The molecule has 136 valence electrons. The number of carbonyl (C=O) groups excluding carboxylic acids is 2. The predicted octanol–water partition coefficient (Wildman–Crippen LogP) is 3.04. The van der Waals surface area contributed by atoms with Crippen LogP contribution in [0.15, 0.2) is 48.5 Å². The third-order valence-corrected chi connectivity index (χ3v) is 3.34. The average Bonchev–Trinajstić information content (AvgIpc) is 2.65. The number of non-ortho nitro benzene ring substituents is 1. The zero-order valence-electron chi connectivity index (χ0n) is 14.1. The summed E-state index contributed by atoms with van der Waals surface area (Å²) in [5, 5.41) is 13.4. The lowest BCUT2D eigenvalue weighted by Crippen LogP contribution is -2.14. The summed E-state index contributed by atoms with van der Waals surface area (Å²) in [5.41, 5.74) is 0.618. The Labute approximate surface area is 149 Å². The molecule has 26 heavy (non-hydrogen) atoms. The third-order valence-electron chi connectivity index (χ3n) is 3.34. The fourth-order valence-electron chi connectivity index (χ4n) is 2.11. The van der Waals surface area contributed by atoms with Crippen molar-refractivity contribution < 1.29 is 24.0 Å². The Morgan fingerprint density at radius 3 is 2.54 bits per heavy atom. The molecule has 0 aliphatic carbocycles. The molecule has 0 bridgehead atoms. The van der Waals surface area contributed by atoms with Crippen LogP contribution in [0.5, 0.6) is 0 Å². The van der Waals surface area contributed by atoms with Gasteiger partial charge in [0.15, 0.2) is 0 Å². The first-order valence-electron chi connectivity index (χ1n) is 7.92. The molecule has 2 rings (SSSR count). The Balaban J connectivity index is 2.03. The maximum Gasteiger partial charge on any atom is 0.338 e. The van der Waals surface area contributed by atoms with Crippen LogP contribution in [0.25, 0.3) is 0 Å². The van der Waals surface area contributed by atoms with Crippen LogP contribution < -0.4 is 5.32 Å². The molecule has 0 aromatic heterocycles. The first kappa shape index (κ1) is 19.1. The van der Waals surface area contributed by atoms with E-state index in [4.69, 9.17) is 9.47 Å². The zero-order valence-corrected chi connectivity index (χ0v) is 14.1. The first-order chi connectivity index (χ1) is 12.5. The molecule has 8 nitrogen and oxygen atoms in total. The van der Waals surface area contributed by atoms with Gasteiger partial charge in [-0.3, -0.25) is 14.9 Å². The van der Waals surface area contributed by atoms with E-state index in [1.165, 1.54) is 30.3 Å². The van der Waals surface area contributed by atoms with Gasteiger partial charge in [0.25, 0.3) is 11.6 Å². The number of nitrogens with zero attached hydrogens (tertiary/aromatic N) is 1. The van der Waals surface area contributed by atoms with Crippen LogP contribution in [-0.2, 0) is 9.47 Å². The van der Waals surface area contributed by atoms with E-state index in [9.17, 15) is 19.7 Å². The minimum Gasteiger partial charge on any atom is -0.460 e. The van der Waals surface area contributed by atoms with Crippen LogP contribution >= 0.6 is 0 Å². The number of esters is 1. The van der Waals surface area contributed by atoms with Crippen molar-refractivity contribution in [2.45, 2.75) is 6.92 Å². The number of carbonyl (C=O) groups is 2.